The Bertz CT molecular complexity index is 1120. The van der Waals surface area contributed by atoms with Crippen molar-refractivity contribution in [1.29, 1.82) is 0 Å². The minimum absolute atomic E-state index is 0.526. The van der Waals surface area contributed by atoms with Crippen LogP contribution in [0.4, 0.5) is 11.1 Å². The minimum atomic E-state index is 0.526. The third-order valence-electron chi connectivity index (χ3n) is 3.53. The van der Waals surface area contributed by atoms with Gasteiger partial charge in [0.1, 0.15) is 0 Å². The van der Waals surface area contributed by atoms with Gasteiger partial charge in [0.05, 0.1) is 10.6 Å². The van der Waals surface area contributed by atoms with Gasteiger partial charge in [-0.25, -0.2) is 4.52 Å². The number of anilines is 2. The summed E-state index contributed by atoms with van der Waals surface area (Å²) in [7, 11) is 0. The van der Waals surface area contributed by atoms with Crippen LogP contribution in [0.5, 0.6) is 0 Å². The number of hydrogen-bond acceptors (Lipinski definition) is 8. The van der Waals surface area contributed by atoms with Crippen molar-refractivity contribution in [3.05, 3.63) is 53.2 Å². The monoisotopic (exact) mass is 382 g/mol. The Kier molecular flexibility index (Phi) is 3.54. The molecule has 0 atom stereocenters. The lowest BCUT2D eigenvalue weighted by Crippen LogP contribution is -1.93. The third-order valence-corrected chi connectivity index (χ3v) is 6.22. The molecule has 0 unspecified atom stereocenters. The van der Waals surface area contributed by atoms with E-state index in [1.807, 2.05) is 40.2 Å². The topological polar surface area (TPSA) is 68.0 Å². The zero-order valence-electron chi connectivity index (χ0n) is 12.7. The molecule has 0 aliphatic heterocycles. The van der Waals surface area contributed by atoms with Crippen LogP contribution in [0.15, 0.2) is 53.2 Å². The zero-order chi connectivity index (χ0) is 16.6. The number of fused-ring (bicyclic) bond motifs is 1. The van der Waals surface area contributed by atoms with Gasteiger partial charge >= 0.3 is 0 Å². The fourth-order valence-corrected chi connectivity index (χ4v) is 4.77. The van der Waals surface area contributed by atoms with E-state index in [1.165, 1.54) is 11.3 Å². The minimum Gasteiger partial charge on any atom is -0.297 e. The van der Waals surface area contributed by atoms with Crippen LogP contribution < -0.4 is 5.32 Å². The number of benzene rings is 1. The Labute approximate surface area is 154 Å². The van der Waals surface area contributed by atoms with E-state index >= 15 is 0 Å². The first-order valence-electron chi connectivity index (χ1n) is 7.41. The molecule has 0 radical (unpaired) electrons. The largest absolute Gasteiger partial charge is 0.297 e. The second-order valence-corrected chi connectivity index (χ2v) is 7.89. The number of thiazole rings is 1. The van der Waals surface area contributed by atoms with E-state index < -0.39 is 0 Å². The molecule has 0 saturated carbocycles. The first-order chi connectivity index (χ1) is 12.4. The van der Waals surface area contributed by atoms with Gasteiger partial charge in [0.2, 0.25) is 16.0 Å². The van der Waals surface area contributed by atoms with Crippen molar-refractivity contribution in [1.82, 2.24) is 24.8 Å². The van der Waals surface area contributed by atoms with Gasteiger partial charge in [0.25, 0.3) is 0 Å². The molecule has 5 aromatic rings. The van der Waals surface area contributed by atoms with Crippen LogP contribution >= 0.6 is 34.0 Å². The van der Waals surface area contributed by atoms with E-state index in [1.54, 1.807) is 22.7 Å². The molecule has 0 aliphatic rings. The van der Waals surface area contributed by atoms with Gasteiger partial charge < -0.3 is 0 Å². The van der Waals surface area contributed by atoms with Crippen molar-refractivity contribution in [2.45, 2.75) is 0 Å². The molecule has 122 valence electrons. The normalized spacial score (nSPS) is 11.2. The molecule has 1 aromatic carbocycles. The second kappa shape index (κ2) is 6.03. The average Bonchev–Trinajstić information content (AvgIpc) is 3.40. The molecule has 0 bridgehead atoms. The Balaban J connectivity index is 1.45. The maximum Gasteiger partial charge on any atom is 0.250 e. The van der Waals surface area contributed by atoms with Crippen molar-refractivity contribution >= 4 is 50.1 Å². The highest BCUT2D eigenvalue weighted by Gasteiger charge is 2.13. The van der Waals surface area contributed by atoms with Crippen molar-refractivity contribution in [3.8, 4) is 21.1 Å². The van der Waals surface area contributed by atoms with Crippen LogP contribution in [-0.4, -0.2) is 24.8 Å². The van der Waals surface area contributed by atoms with Gasteiger partial charge in [-0.3, -0.25) is 5.32 Å². The van der Waals surface area contributed by atoms with Crippen molar-refractivity contribution in [3.63, 3.8) is 0 Å². The molecule has 25 heavy (non-hydrogen) atoms. The first kappa shape index (κ1) is 14.7. The van der Waals surface area contributed by atoms with Gasteiger partial charge in [0.15, 0.2) is 5.01 Å². The molecule has 0 aliphatic carbocycles. The summed E-state index contributed by atoms with van der Waals surface area (Å²) < 4.78 is 1.85. The van der Waals surface area contributed by atoms with Crippen LogP contribution in [0.2, 0.25) is 0 Å². The fourth-order valence-electron chi connectivity index (χ4n) is 2.41. The van der Waals surface area contributed by atoms with Crippen molar-refractivity contribution in [2.24, 2.45) is 0 Å². The van der Waals surface area contributed by atoms with Crippen molar-refractivity contribution in [2.75, 3.05) is 5.32 Å². The quantitative estimate of drug-likeness (QED) is 0.484. The van der Waals surface area contributed by atoms with E-state index in [2.05, 4.69) is 43.1 Å². The third kappa shape index (κ3) is 2.72. The van der Waals surface area contributed by atoms with Gasteiger partial charge in [-0.15, -0.1) is 38.0 Å². The van der Waals surface area contributed by atoms with Gasteiger partial charge in [-0.2, -0.15) is 4.98 Å². The lowest BCUT2D eigenvalue weighted by molar-refractivity contribution is 0.986. The van der Waals surface area contributed by atoms with Crippen LogP contribution in [0, 0.1) is 0 Å². The molecule has 0 fully saturated rings. The maximum atomic E-state index is 4.56. The van der Waals surface area contributed by atoms with E-state index in [4.69, 9.17) is 0 Å². The zero-order valence-corrected chi connectivity index (χ0v) is 15.1. The summed E-state index contributed by atoms with van der Waals surface area (Å²) in [6.07, 6.45) is 0. The summed E-state index contributed by atoms with van der Waals surface area (Å²) >= 11 is 4.70. The van der Waals surface area contributed by atoms with E-state index in [9.17, 15) is 0 Å². The van der Waals surface area contributed by atoms with Crippen LogP contribution in [0.25, 0.3) is 26.1 Å². The number of nitrogens with zero attached hydrogens (tertiary/aromatic N) is 5. The van der Waals surface area contributed by atoms with Gasteiger partial charge in [0, 0.05) is 10.9 Å². The van der Waals surface area contributed by atoms with E-state index in [-0.39, 0.29) is 0 Å². The number of aromatic nitrogens is 5. The van der Waals surface area contributed by atoms with Crippen LogP contribution in [0.3, 0.4) is 0 Å². The predicted molar refractivity (Wildman–Crippen MR) is 103 cm³/mol. The smallest absolute Gasteiger partial charge is 0.250 e. The van der Waals surface area contributed by atoms with Crippen LogP contribution in [0.1, 0.15) is 0 Å². The van der Waals surface area contributed by atoms with Crippen molar-refractivity contribution < 1.29 is 0 Å². The number of thiophene rings is 1. The highest BCUT2D eigenvalue weighted by atomic mass is 32.1. The molecule has 9 heteroatoms. The number of nitrogens with one attached hydrogen (secondary N) is 1. The highest BCUT2D eigenvalue weighted by Crippen LogP contribution is 2.31. The molecule has 0 saturated heterocycles. The average molecular weight is 382 g/mol. The Morgan fingerprint density at radius 3 is 2.72 bits per heavy atom. The first-order valence-corrected chi connectivity index (χ1v) is 9.98. The SMILES string of the molecule is c1ccc(-c2csc3nc(Nc4nnc(-c5cccs5)s4)nn23)cc1. The summed E-state index contributed by atoms with van der Waals surface area (Å²) in [5.41, 5.74) is 2.14. The Morgan fingerprint density at radius 1 is 0.960 bits per heavy atom. The molecule has 6 nitrogen and oxygen atoms in total. The van der Waals surface area contributed by atoms with Gasteiger partial charge in [-0.05, 0) is 11.4 Å². The lowest BCUT2D eigenvalue weighted by Gasteiger charge is -1.97. The Hall–Kier alpha value is -2.62. The summed E-state index contributed by atoms with van der Waals surface area (Å²) in [5.74, 6) is 0.526. The lowest BCUT2D eigenvalue weighted by atomic mass is 10.2. The number of rotatable bonds is 4. The van der Waals surface area contributed by atoms with Gasteiger partial charge in [-0.1, -0.05) is 47.7 Å². The summed E-state index contributed by atoms with van der Waals surface area (Å²) in [5, 5.41) is 21.8. The molecule has 0 amide bonds. The molecule has 5 rings (SSSR count). The predicted octanol–water partition coefficient (Wildman–Crippen LogP) is 4.78. The Morgan fingerprint density at radius 2 is 1.88 bits per heavy atom. The molecule has 1 N–H and O–H groups in total. The molecular weight excluding hydrogens is 372 g/mol. The fraction of sp³-hybridized carbons (Fsp3) is 0. The summed E-state index contributed by atoms with van der Waals surface area (Å²) in [6.45, 7) is 0. The standard InChI is InChI=1S/C16H10N6S3/c1-2-5-10(6-3-1)11-9-24-16-18-14(21-22(11)16)17-15-20-19-13(25-15)12-7-4-8-23-12/h1-9H,(H,17,20,21). The molecule has 0 spiro atoms. The second-order valence-electron chi connectivity index (χ2n) is 5.13. The molecule has 4 heterocycles. The maximum absolute atomic E-state index is 4.56. The van der Waals surface area contributed by atoms with Crippen LogP contribution in [-0.2, 0) is 0 Å². The summed E-state index contributed by atoms with van der Waals surface area (Å²) in [6, 6.07) is 14.2. The van der Waals surface area contributed by atoms with E-state index in [0.717, 1.165) is 26.1 Å². The summed E-state index contributed by atoms with van der Waals surface area (Å²) in [4.78, 5) is 6.47. The van der Waals surface area contributed by atoms with E-state index in [0.29, 0.717) is 11.1 Å². The molecule has 4 aromatic heterocycles. The molecular formula is C16H10N6S3. The highest BCUT2D eigenvalue weighted by molar-refractivity contribution is 7.23. The number of hydrogen-bond donors (Lipinski definition) is 1.